The lowest BCUT2D eigenvalue weighted by molar-refractivity contribution is 0.0795. The molecule has 0 amide bonds. The topological polar surface area (TPSA) is 30.5 Å². The van der Waals surface area contributed by atoms with Gasteiger partial charge in [0.25, 0.3) is 0 Å². The van der Waals surface area contributed by atoms with Gasteiger partial charge in [0.15, 0.2) is 0 Å². The molecule has 20 heavy (non-hydrogen) atoms. The third kappa shape index (κ3) is 4.22. The lowest BCUT2D eigenvalue weighted by atomic mass is 10.1. The summed E-state index contributed by atoms with van der Waals surface area (Å²) in [5.74, 6) is 0.885. The highest BCUT2D eigenvalue weighted by atomic mass is 16.5. The Balaban J connectivity index is 2.07. The zero-order valence-corrected chi connectivity index (χ0v) is 12.4. The Morgan fingerprint density at radius 2 is 1.80 bits per heavy atom. The number of hydrogen-bond donors (Lipinski definition) is 1. The molecule has 3 nitrogen and oxygen atoms in total. The van der Waals surface area contributed by atoms with Crippen LogP contribution in [-0.4, -0.2) is 32.4 Å². The molecule has 0 radical (unpaired) electrons. The maximum atomic E-state index is 6.03. The van der Waals surface area contributed by atoms with Gasteiger partial charge in [-0.15, -0.1) is 0 Å². The third-order valence-corrected chi connectivity index (χ3v) is 3.13. The van der Waals surface area contributed by atoms with Crippen LogP contribution in [0.25, 0.3) is 10.8 Å². The van der Waals surface area contributed by atoms with Gasteiger partial charge in [-0.2, -0.15) is 0 Å². The molecule has 0 heterocycles. The zero-order valence-electron chi connectivity index (χ0n) is 12.4. The summed E-state index contributed by atoms with van der Waals surface area (Å²) in [6.45, 7) is 5.60. The van der Waals surface area contributed by atoms with Gasteiger partial charge in [-0.05, 0) is 22.9 Å². The Morgan fingerprint density at radius 3 is 2.50 bits per heavy atom. The van der Waals surface area contributed by atoms with Gasteiger partial charge < -0.3 is 14.8 Å². The van der Waals surface area contributed by atoms with Crippen LogP contribution in [0.2, 0.25) is 0 Å². The first-order valence-corrected chi connectivity index (χ1v) is 7.07. The second-order valence-electron chi connectivity index (χ2n) is 5.27. The predicted molar refractivity (Wildman–Crippen MR) is 83.4 cm³/mol. The fourth-order valence-electron chi connectivity index (χ4n) is 2.12. The van der Waals surface area contributed by atoms with Crippen molar-refractivity contribution in [2.75, 3.05) is 20.3 Å². The Labute approximate surface area is 120 Å². The van der Waals surface area contributed by atoms with Crippen LogP contribution >= 0.6 is 0 Å². The maximum absolute atomic E-state index is 6.03. The van der Waals surface area contributed by atoms with Crippen LogP contribution in [0.15, 0.2) is 42.5 Å². The minimum atomic E-state index is 0.0172. The first-order chi connectivity index (χ1) is 9.69. The monoisotopic (exact) mass is 273 g/mol. The Bertz CT molecular complexity index is 539. The van der Waals surface area contributed by atoms with E-state index in [-0.39, 0.29) is 6.10 Å². The smallest absolute Gasteiger partial charge is 0.134 e. The highest BCUT2D eigenvalue weighted by molar-refractivity contribution is 5.83. The highest BCUT2D eigenvalue weighted by Gasteiger charge is 2.11. The first kappa shape index (κ1) is 14.8. The number of fused-ring (bicyclic) bond motifs is 1. The summed E-state index contributed by atoms with van der Waals surface area (Å²) in [5.41, 5.74) is 0. The molecule has 0 aromatic heterocycles. The number of rotatable bonds is 7. The number of ether oxygens (including phenoxy) is 2. The van der Waals surface area contributed by atoms with Crippen LogP contribution < -0.4 is 10.1 Å². The van der Waals surface area contributed by atoms with Crippen LogP contribution in [0.5, 0.6) is 5.75 Å². The van der Waals surface area contributed by atoms with Gasteiger partial charge in [-0.1, -0.05) is 44.2 Å². The van der Waals surface area contributed by atoms with Crippen molar-refractivity contribution in [2.45, 2.75) is 26.0 Å². The minimum Gasteiger partial charge on any atom is -0.487 e. The summed E-state index contributed by atoms with van der Waals surface area (Å²) in [6.07, 6.45) is 0.0172. The van der Waals surface area contributed by atoms with E-state index in [4.69, 9.17) is 9.47 Å². The van der Waals surface area contributed by atoms with E-state index in [1.165, 1.54) is 10.8 Å². The summed E-state index contributed by atoms with van der Waals surface area (Å²) in [4.78, 5) is 0. The lowest BCUT2D eigenvalue weighted by Crippen LogP contribution is -2.37. The summed E-state index contributed by atoms with van der Waals surface area (Å²) >= 11 is 0. The molecule has 108 valence electrons. The number of hydrogen-bond acceptors (Lipinski definition) is 3. The molecule has 2 aromatic rings. The van der Waals surface area contributed by atoms with Crippen molar-refractivity contribution in [3.63, 3.8) is 0 Å². The number of nitrogens with one attached hydrogen (secondary N) is 1. The number of methoxy groups -OCH3 is 1. The first-order valence-electron chi connectivity index (χ1n) is 7.07. The molecule has 1 atom stereocenters. The van der Waals surface area contributed by atoms with Crippen LogP contribution in [0.3, 0.4) is 0 Å². The van der Waals surface area contributed by atoms with Crippen molar-refractivity contribution in [2.24, 2.45) is 0 Å². The van der Waals surface area contributed by atoms with Crippen molar-refractivity contribution >= 4 is 10.8 Å². The molecular weight excluding hydrogens is 250 g/mol. The Hall–Kier alpha value is -1.58. The molecule has 0 spiro atoms. The largest absolute Gasteiger partial charge is 0.487 e. The van der Waals surface area contributed by atoms with Crippen molar-refractivity contribution in [3.8, 4) is 5.75 Å². The van der Waals surface area contributed by atoms with Gasteiger partial charge in [0.2, 0.25) is 0 Å². The van der Waals surface area contributed by atoms with Gasteiger partial charge in [-0.3, -0.25) is 0 Å². The Kier molecular flexibility index (Phi) is 5.39. The van der Waals surface area contributed by atoms with Crippen LogP contribution in [-0.2, 0) is 4.74 Å². The minimum absolute atomic E-state index is 0.0172. The van der Waals surface area contributed by atoms with Gasteiger partial charge in [0.05, 0.1) is 6.61 Å². The molecule has 0 bridgehead atoms. The van der Waals surface area contributed by atoms with Crippen LogP contribution in [0, 0.1) is 0 Å². The predicted octanol–water partition coefficient (Wildman–Crippen LogP) is 3.23. The summed E-state index contributed by atoms with van der Waals surface area (Å²) in [7, 11) is 1.70. The van der Waals surface area contributed by atoms with Gasteiger partial charge in [0, 0.05) is 19.7 Å². The summed E-state index contributed by atoms with van der Waals surface area (Å²) in [6, 6.07) is 14.9. The summed E-state index contributed by atoms with van der Waals surface area (Å²) in [5, 5.41) is 5.80. The Morgan fingerprint density at radius 1 is 1.05 bits per heavy atom. The van der Waals surface area contributed by atoms with E-state index >= 15 is 0 Å². The average Bonchev–Trinajstić information content (AvgIpc) is 2.45. The van der Waals surface area contributed by atoms with E-state index in [1.807, 2.05) is 18.2 Å². The molecule has 0 aliphatic carbocycles. The fourth-order valence-corrected chi connectivity index (χ4v) is 2.12. The molecular formula is C17H23NO2. The molecule has 3 heteroatoms. The number of benzene rings is 2. The second-order valence-corrected chi connectivity index (χ2v) is 5.27. The third-order valence-electron chi connectivity index (χ3n) is 3.13. The van der Waals surface area contributed by atoms with E-state index in [9.17, 15) is 0 Å². The van der Waals surface area contributed by atoms with E-state index in [2.05, 4.69) is 43.4 Å². The van der Waals surface area contributed by atoms with E-state index in [1.54, 1.807) is 7.11 Å². The summed E-state index contributed by atoms with van der Waals surface area (Å²) < 4.78 is 11.3. The van der Waals surface area contributed by atoms with Gasteiger partial charge >= 0.3 is 0 Å². The second kappa shape index (κ2) is 7.27. The molecule has 1 unspecified atom stereocenters. The van der Waals surface area contributed by atoms with E-state index < -0.39 is 0 Å². The van der Waals surface area contributed by atoms with E-state index in [0.717, 1.165) is 12.3 Å². The molecule has 2 aromatic carbocycles. The normalized spacial score (nSPS) is 12.8. The van der Waals surface area contributed by atoms with Crippen molar-refractivity contribution < 1.29 is 9.47 Å². The molecule has 0 aliphatic rings. The molecule has 0 saturated heterocycles. The van der Waals surface area contributed by atoms with Crippen molar-refractivity contribution in [3.05, 3.63) is 42.5 Å². The van der Waals surface area contributed by atoms with Crippen molar-refractivity contribution in [1.82, 2.24) is 5.32 Å². The molecule has 1 N–H and O–H groups in total. The molecule has 2 rings (SSSR count). The molecule has 0 saturated carbocycles. The molecule has 0 aliphatic heterocycles. The van der Waals surface area contributed by atoms with Crippen LogP contribution in [0.4, 0.5) is 0 Å². The maximum Gasteiger partial charge on any atom is 0.134 e. The van der Waals surface area contributed by atoms with Gasteiger partial charge in [0.1, 0.15) is 11.9 Å². The highest BCUT2D eigenvalue weighted by Crippen LogP contribution is 2.21. The fraction of sp³-hybridized carbons (Fsp3) is 0.412. The quantitative estimate of drug-likeness (QED) is 0.840. The molecule has 0 fully saturated rings. The SMILES string of the molecule is COCC(CNC(C)C)Oc1ccc2ccccc2c1. The van der Waals surface area contributed by atoms with Crippen molar-refractivity contribution in [1.29, 1.82) is 0 Å². The zero-order chi connectivity index (χ0) is 14.4. The van der Waals surface area contributed by atoms with Gasteiger partial charge in [-0.25, -0.2) is 0 Å². The van der Waals surface area contributed by atoms with Crippen LogP contribution in [0.1, 0.15) is 13.8 Å². The average molecular weight is 273 g/mol. The standard InChI is InChI=1S/C17H23NO2/c1-13(2)18-11-17(12-19-3)20-16-9-8-14-6-4-5-7-15(14)10-16/h4-10,13,17-18H,11-12H2,1-3H3. The van der Waals surface area contributed by atoms with E-state index in [0.29, 0.717) is 12.6 Å². The lowest BCUT2D eigenvalue weighted by Gasteiger charge is -2.20.